The summed E-state index contributed by atoms with van der Waals surface area (Å²) >= 11 is 11.5. The molecule has 0 unspecified atom stereocenters. The Hall–Kier alpha value is -1.20. The molecule has 0 N–H and O–H groups in total. The number of hydrogen-bond acceptors (Lipinski definition) is 4. The molecule has 5 nitrogen and oxygen atoms in total. The van der Waals surface area contributed by atoms with E-state index >= 15 is 0 Å². The molecule has 72 valence electrons. The molecule has 0 aliphatic rings. The van der Waals surface area contributed by atoms with E-state index < -0.39 is 0 Å². The predicted octanol–water partition coefficient (Wildman–Crippen LogP) is 1.58. The van der Waals surface area contributed by atoms with Crippen LogP contribution in [0.5, 0.6) is 0 Å². The third-order valence-corrected chi connectivity index (χ3v) is 1.92. The minimum absolute atomic E-state index is 0.306. The second kappa shape index (κ2) is 3.51. The Labute approximate surface area is 89.7 Å². The smallest absolute Gasteiger partial charge is 0.205 e. The highest BCUT2D eigenvalue weighted by atomic mass is 35.5. The van der Waals surface area contributed by atoms with Crippen molar-refractivity contribution in [2.24, 2.45) is 7.05 Å². The maximum atomic E-state index is 5.73. The minimum Gasteiger partial charge on any atom is -0.224 e. The quantitative estimate of drug-likeness (QED) is 0.698. The zero-order valence-electron chi connectivity index (χ0n) is 7.15. The SMILES string of the molecule is Cn1nnc(-c2cc(Cl)nc(Cl)c2)n1. The maximum absolute atomic E-state index is 5.73. The van der Waals surface area contributed by atoms with Crippen LogP contribution in [-0.4, -0.2) is 25.2 Å². The molecule has 0 atom stereocenters. The van der Waals surface area contributed by atoms with Crippen LogP contribution in [-0.2, 0) is 7.05 Å². The number of hydrogen-bond donors (Lipinski definition) is 0. The third kappa shape index (κ3) is 1.83. The van der Waals surface area contributed by atoms with E-state index in [1.807, 2.05) is 0 Å². The molecule has 14 heavy (non-hydrogen) atoms. The fraction of sp³-hybridized carbons (Fsp3) is 0.143. The van der Waals surface area contributed by atoms with Crippen LogP contribution < -0.4 is 0 Å². The zero-order chi connectivity index (χ0) is 10.1. The Morgan fingerprint density at radius 3 is 2.36 bits per heavy atom. The van der Waals surface area contributed by atoms with Crippen molar-refractivity contribution in [2.45, 2.75) is 0 Å². The highest BCUT2D eigenvalue weighted by molar-refractivity contribution is 6.32. The number of nitrogens with zero attached hydrogens (tertiary/aromatic N) is 5. The Morgan fingerprint density at radius 2 is 1.86 bits per heavy atom. The van der Waals surface area contributed by atoms with Crippen molar-refractivity contribution in [1.82, 2.24) is 25.2 Å². The Kier molecular flexibility index (Phi) is 2.35. The number of aromatic nitrogens is 5. The molecule has 0 aliphatic heterocycles. The third-order valence-electron chi connectivity index (χ3n) is 1.53. The van der Waals surface area contributed by atoms with Crippen molar-refractivity contribution < 1.29 is 0 Å². The van der Waals surface area contributed by atoms with Crippen LogP contribution >= 0.6 is 23.2 Å². The molecule has 0 fully saturated rings. The predicted molar refractivity (Wildman–Crippen MR) is 52.0 cm³/mol. The summed E-state index contributed by atoms with van der Waals surface area (Å²) in [6.45, 7) is 0. The fourth-order valence-electron chi connectivity index (χ4n) is 0.994. The minimum atomic E-state index is 0.306. The van der Waals surface area contributed by atoms with E-state index in [0.717, 1.165) is 0 Å². The van der Waals surface area contributed by atoms with E-state index in [0.29, 0.717) is 21.7 Å². The molecule has 7 heteroatoms. The van der Waals surface area contributed by atoms with Gasteiger partial charge in [0.25, 0.3) is 0 Å². The van der Waals surface area contributed by atoms with Gasteiger partial charge in [-0.15, -0.1) is 10.2 Å². The average molecular weight is 230 g/mol. The summed E-state index contributed by atoms with van der Waals surface area (Å²) in [5, 5.41) is 12.1. The van der Waals surface area contributed by atoms with Crippen LogP contribution in [0.1, 0.15) is 0 Å². The second-order valence-electron chi connectivity index (χ2n) is 2.60. The Balaban J connectivity index is 2.51. The maximum Gasteiger partial charge on any atom is 0.205 e. The first kappa shape index (κ1) is 9.36. The topological polar surface area (TPSA) is 56.5 Å². The summed E-state index contributed by atoms with van der Waals surface area (Å²) < 4.78 is 0. The lowest BCUT2D eigenvalue weighted by Gasteiger charge is -1.96. The van der Waals surface area contributed by atoms with Crippen LogP contribution in [0.3, 0.4) is 0 Å². The molecule has 0 amide bonds. The van der Waals surface area contributed by atoms with E-state index in [-0.39, 0.29) is 0 Å². The second-order valence-corrected chi connectivity index (χ2v) is 3.38. The number of halogens is 2. The summed E-state index contributed by atoms with van der Waals surface area (Å²) in [4.78, 5) is 5.17. The molecule has 0 aromatic carbocycles. The van der Waals surface area contributed by atoms with Crippen LogP contribution in [0.25, 0.3) is 11.4 Å². The van der Waals surface area contributed by atoms with E-state index in [1.165, 1.54) is 4.80 Å². The number of rotatable bonds is 1. The summed E-state index contributed by atoms with van der Waals surface area (Å²) in [6.07, 6.45) is 0. The van der Waals surface area contributed by atoms with Crippen molar-refractivity contribution in [2.75, 3.05) is 0 Å². The first-order chi connectivity index (χ1) is 6.65. The molecule has 0 radical (unpaired) electrons. The van der Waals surface area contributed by atoms with Gasteiger partial charge in [0.05, 0.1) is 7.05 Å². The molecule has 2 aromatic rings. The summed E-state index contributed by atoms with van der Waals surface area (Å²) in [6, 6.07) is 3.26. The fourth-order valence-corrected chi connectivity index (χ4v) is 1.45. The number of aryl methyl sites for hydroxylation is 1. The summed E-state index contributed by atoms with van der Waals surface area (Å²) in [5.41, 5.74) is 0.697. The standard InChI is InChI=1S/C7H5Cl2N5/c1-14-12-7(11-13-14)4-2-5(8)10-6(9)3-4/h2-3H,1H3. The lowest BCUT2D eigenvalue weighted by molar-refractivity contribution is 0.630. The number of tetrazole rings is 1. The van der Waals surface area contributed by atoms with Crippen molar-refractivity contribution in [3.63, 3.8) is 0 Å². The highest BCUT2D eigenvalue weighted by Crippen LogP contribution is 2.21. The first-order valence-corrected chi connectivity index (χ1v) is 4.48. The number of pyridine rings is 1. The van der Waals surface area contributed by atoms with Gasteiger partial charge >= 0.3 is 0 Å². The van der Waals surface area contributed by atoms with Crippen molar-refractivity contribution in [1.29, 1.82) is 0 Å². The molecule has 0 spiro atoms. The van der Waals surface area contributed by atoms with Gasteiger partial charge in [0.15, 0.2) is 0 Å². The van der Waals surface area contributed by atoms with Gasteiger partial charge < -0.3 is 0 Å². The average Bonchev–Trinajstić information content (AvgIpc) is 2.50. The first-order valence-electron chi connectivity index (χ1n) is 3.72. The molecular weight excluding hydrogens is 225 g/mol. The largest absolute Gasteiger partial charge is 0.224 e. The van der Waals surface area contributed by atoms with Gasteiger partial charge in [-0.05, 0) is 17.3 Å². The van der Waals surface area contributed by atoms with Crippen LogP contribution in [0.2, 0.25) is 10.3 Å². The van der Waals surface area contributed by atoms with Crippen LogP contribution in [0, 0.1) is 0 Å². The van der Waals surface area contributed by atoms with Crippen LogP contribution in [0.15, 0.2) is 12.1 Å². The van der Waals surface area contributed by atoms with Gasteiger partial charge in [0.2, 0.25) is 5.82 Å². The molecule has 2 rings (SSSR count). The Morgan fingerprint density at radius 1 is 1.21 bits per heavy atom. The molecule has 0 saturated carbocycles. The Bertz CT molecular complexity index is 447. The molecular formula is C7H5Cl2N5. The van der Waals surface area contributed by atoms with Gasteiger partial charge in [-0.3, -0.25) is 0 Å². The van der Waals surface area contributed by atoms with Gasteiger partial charge in [-0.25, -0.2) is 4.98 Å². The van der Waals surface area contributed by atoms with E-state index in [1.54, 1.807) is 19.2 Å². The highest BCUT2D eigenvalue weighted by Gasteiger charge is 2.06. The monoisotopic (exact) mass is 229 g/mol. The summed E-state index contributed by atoms with van der Waals surface area (Å²) in [5.74, 6) is 0.471. The van der Waals surface area contributed by atoms with E-state index in [9.17, 15) is 0 Å². The van der Waals surface area contributed by atoms with Crippen molar-refractivity contribution >= 4 is 23.2 Å². The van der Waals surface area contributed by atoms with Crippen molar-refractivity contribution in [3.8, 4) is 11.4 Å². The van der Waals surface area contributed by atoms with Gasteiger partial charge in [0.1, 0.15) is 10.3 Å². The molecule has 2 heterocycles. The zero-order valence-corrected chi connectivity index (χ0v) is 8.66. The molecule has 0 bridgehead atoms. The normalized spacial score (nSPS) is 10.5. The van der Waals surface area contributed by atoms with Crippen LogP contribution in [0.4, 0.5) is 0 Å². The van der Waals surface area contributed by atoms with Gasteiger partial charge in [0, 0.05) is 5.56 Å². The molecule has 2 aromatic heterocycles. The van der Waals surface area contributed by atoms with Crippen molar-refractivity contribution in [3.05, 3.63) is 22.4 Å². The molecule has 0 aliphatic carbocycles. The molecule has 0 saturated heterocycles. The van der Waals surface area contributed by atoms with Gasteiger partial charge in [-0.2, -0.15) is 4.80 Å². The lowest BCUT2D eigenvalue weighted by Crippen LogP contribution is -1.92. The van der Waals surface area contributed by atoms with E-state index in [4.69, 9.17) is 23.2 Å². The van der Waals surface area contributed by atoms with Gasteiger partial charge in [-0.1, -0.05) is 23.2 Å². The lowest BCUT2D eigenvalue weighted by atomic mass is 10.2. The summed E-state index contributed by atoms with van der Waals surface area (Å²) in [7, 11) is 1.68. The van der Waals surface area contributed by atoms with E-state index in [2.05, 4.69) is 20.4 Å².